The predicted octanol–water partition coefficient (Wildman–Crippen LogP) is 8.24. The molecule has 0 aromatic carbocycles. The van der Waals surface area contributed by atoms with Crippen LogP contribution in [0, 0.1) is 53.3 Å². The minimum absolute atomic E-state index is 0.0266. The third-order valence-electron chi connectivity index (χ3n) is 11.5. The summed E-state index contributed by atoms with van der Waals surface area (Å²) < 4.78 is 11.3. The molecule has 0 aromatic heterocycles. The van der Waals surface area contributed by atoms with Crippen LogP contribution >= 0.6 is 0 Å². The molecule has 2 N–H and O–H groups in total. The van der Waals surface area contributed by atoms with Gasteiger partial charge >= 0.3 is 11.9 Å². The molecule has 8 heteroatoms. The van der Waals surface area contributed by atoms with E-state index in [9.17, 15) is 29.4 Å². The minimum atomic E-state index is -0.742. The highest BCUT2D eigenvalue weighted by Gasteiger charge is 2.35. The molecule has 0 unspecified atom stereocenters. The molecular formula is C42H70O8. The van der Waals surface area contributed by atoms with E-state index in [2.05, 4.69) is 13.8 Å². The zero-order valence-electron chi connectivity index (χ0n) is 33.6. The van der Waals surface area contributed by atoms with Crippen molar-refractivity contribution in [1.82, 2.24) is 0 Å². The van der Waals surface area contributed by atoms with Crippen molar-refractivity contribution in [3.05, 3.63) is 34.9 Å². The Hall–Kier alpha value is -2.58. The van der Waals surface area contributed by atoms with Crippen LogP contribution in [0.15, 0.2) is 34.9 Å². The number of cyclic esters (lactones) is 2. The number of ketones is 2. The maximum absolute atomic E-state index is 12.6. The summed E-state index contributed by atoms with van der Waals surface area (Å²) >= 11 is 0. The van der Waals surface area contributed by atoms with Gasteiger partial charge < -0.3 is 19.7 Å². The number of esters is 2. The standard InChI is InChI=1S/C21H34O4.C21H36O4/c1-8-18-12(2)9-13(3)19(22)14(4)10-15(5)20(23)16(6)11-17(7)21(24)25-18;1-8-19-14(4)11-13(3)18(22)10-9-12(2)15(5)16(6)20(23)17(7)21(24)25-19/h9,11-12,14-16,18,20,23H,8,10H2,1-7H3;11-12,14-17,19-20,23H,8-10H2,1-7H3/b13-9+,17-11+;13-11+/t12-,14-,15+,16+,18-,20+;12-,14+,15-,16+,17+,19+,20-/m10/s1. The zero-order valence-corrected chi connectivity index (χ0v) is 33.6. The van der Waals surface area contributed by atoms with E-state index in [1.165, 1.54) is 0 Å². The maximum atomic E-state index is 12.6. The van der Waals surface area contributed by atoms with Crippen molar-refractivity contribution in [2.24, 2.45) is 53.3 Å². The van der Waals surface area contributed by atoms with Crippen LogP contribution in [0.3, 0.4) is 0 Å². The molecule has 0 aromatic rings. The Morgan fingerprint density at radius 1 is 0.640 bits per heavy atom. The molecule has 2 heterocycles. The molecular weight excluding hydrogens is 632 g/mol. The smallest absolute Gasteiger partial charge is 0.333 e. The van der Waals surface area contributed by atoms with Crippen LogP contribution in [0.2, 0.25) is 0 Å². The van der Waals surface area contributed by atoms with E-state index in [0.29, 0.717) is 42.7 Å². The number of Topliss-reactive ketones (excluding diaryl/α,β-unsaturated/α-hetero) is 2. The number of hydrogen-bond donors (Lipinski definition) is 2. The molecule has 0 fully saturated rings. The lowest BCUT2D eigenvalue weighted by molar-refractivity contribution is -0.161. The van der Waals surface area contributed by atoms with E-state index in [-0.39, 0.29) is 77.1 Å². The number of aliphatic hydroxyl groups excluding tert-OH is 2. The second-order valence-electron chi connectivity index (χ2n) is 15.8. The van der Waals surface area contributed by atoms with Gasteiger partial charge in [0, 0.05) is 35.7 Å². The van der Waals surface area contributed by atoms with Crippen molar-refractivity contribution >= 4 is 23.5 Å². The molecule has 0 saturated carbocycles. The molecule has 286 valence electrons. The van der Waals surface area contributed by atoms with E-state index in [4.69, 9.17) is 9.47 Å². The number of ether oxygens (including phenoxy) is 2. The van der Waals surface area contributed by atoms with Crippen molar-refractivity contribution in [3.8, 4) is 0 Å². The molecule has 0 radical (unpaired) electrons. The SMILES string of the molecule is CC[C@H]1OC(=O)/C(C)=C/[C@H](C)[C@@H](O)[C@@H](C)C[C@@H](C)C(=O)/C(C)=C/[C@H]1C.CC[C@H]1OC(=O)[C@H](C)[C@@H](O)[C@H](C)[C@@H](C)[C@@H](C)CCC(=O)/C(C)=C/[C@H]1C. The molecule has 0 amide bonds. The van der Waals surface area contributed by atoms with E-state index >= 15 is 0 Å². The highest BCUT2D eigenvalue weighted by Crippen LogP contribution is 2.31. The van der Waals surface area contributed by atoms with Gasteiger partial charge in [-0.1, -0.05) is 87.5 Å². The van der Waals surface area contributed by atoms with Gasteiger partial charge in [0.15, 0.2) is 11.6 Å². The highest BCUT2D eigenvalue weighted by atomic mass is 16.5. The van der Waals surface area contributed by atoms with Gasteiger partial charge in [-0.05, 0) is 88.2 Å². The Bertz CT molecular complexity index is 1230. The fraction of sp³-hybridized carbons (Fsp3) is 0.762. The number of aliphatic hydroxyl groups is 2. The quantitative estimate of drug-likeness (QED) is 0.276. The lowest BCUT2D eigenvalue weighted by Crippen LogP contribution is -2.39. The molecule has 13 atom stereocenters. The largest absolute Gasteiger partial charge is 0.461 e. The lowest BCUT2D eigenvalue weighted by Gasteiger charge is -2.33. The van der Waals surface area contributed by atoms with Gasteiger partial charge in [-0.15, -0.1) is 0 Å². The van der Waals surface area contributed by atoms with Crippen molar-refractivity contribution in [3.63, 3.8) is 0 Å². The lowest BCUT2D eigenvalue weighted by atomic mass is 9.76. The first-order chi connectivity index (χ1) is 23.2. The normalized spacial score (nSPS) is 40.9. The van der Waals surface area contributed by atoms with Crippen LogP contribution in [-0.2, 0) is 28.7 Å². The summed E-state index contributed by atoms with van der Waals surface area (Å²) in [4.78, 5) is 49.9. The average Bonchev–Trinajstić information content (AvgIpc) is 3.08. The van der Waals surface area contributed by atoms with Gasteiger partial charge in [-0.3, -0.25) is 14.4 Å². The van der Waals surface area contributed by atoms with Gasteiger partial charge in [-0.25, -0.2) is 4.79 Å². The molecule has 0 bridgehead atoms. The highest BCUT2D eigenvalue weighted by molar-refractivity contribution is 5.96. The van der Waals surface area contributed by atoms with Crippen molar-refractivity contribution in [1.29, 1.82) is 0 Å². The zero-order chi connectivity index (χ0) is 38.6. The first kappa shape index (κ1) is 45.4. The Kier molecular flexibility index (Phi) is 19.1. The van der Waals surface area contributed by atoms with Gasteiger partial charge in [0.25, 0.3) is 0 Å². The van der Waals surface area contributed by atoms with Crippen molar-refractivity contribution in [2.75, 3.05) is 0 Å². The number of hydrogen-bond acceptors (Lipinski definition) is 8. The molecule has 2 rings (SSSR count). The third kappa shape index (κ3) is 13.2. The van der Waals surface area contributed by atoms with Crippen molar-refractivity contribution in [2.45, 2.75) is 153 Å². The first-order valence-corrected chi connectivity index (χ1v) is 19.1. The first-order valence-electron chi connectivity index (χ1n) is 19.1. The summed E-state index contributed by atoms with van der Waals surface area (Å²) in [5.74, 6) is -0.941. The van der Waals surface area contributed by atoms with Crippen LogP contribution in [0.4, 0.5) is 0 Å². The Labute approximate surface area is 303 Å². The predicted molar refractivity (Wildman–Crippen MR) is 200 cm³/mol. The third-order valence-corrected chi connectivity index (χ3v) is 11.5. The number of carbonyl (C=O) groups excluding carboxylic acids is 4. The fourth-order valence-corrected chi connectivity index (χ4v) is 7.31. The van der Waals surface area contributed by atoms with Crippen LogP contribution in [0.25, 0.3) is 0 Å². The summed E-state index contributed by atoms with van der Waals surface area (Å²) in [5.41, 5.74) is 1.97. The van der Waals surface area contributed by atoms with E-state index < -0.39 is 18.1 Å². The Morgan fingerprint density at radius 2 is 1.14 bits per heavy atom. The molecule has 8 nitrogen and oxygen atoms in total. The van der Waals surface area contributed by atoms with E-state index in [0.717, 1.165) is 12.0 Å². The topological polar surface area (TPSA) is 127 Å². The van der Waals surface area contributed by atoms with E-state index in [1.54, 1.807) is 19.9 Å². The molecule has 2 aliphatic rings. The molecule has 2 aliphatic heterocycles. The summed E-state index contributed by atoms with van der Waals surface area (Å²) in [5, 5.41) is 21.2. The second-order valence-corrected chi connectivity index (χ2v) is 15.8. The maximum Gasteiger partial charge on any atom is 0.333 e. The van der Waals surface area contributed by atoms with Crippen LogP contribution < -0.4 is 0 Å². The number of allylic oxidation sites excluding steroid dienone is 2. The Balaban J connectivity index is 0.000000500. The van der Waals surface area contributed by atoms with Crippen LogP contribution in [0.5, 0.6) is 0 Å². The van der Waals surface area contributed by atoms with Crippen LogP contribution in [-0.4, -0.2) is 58.1 Å². The van der Waals surface area contributed by atoms with Crippen LogP contribution in [0.1, 0.15) is 129 Å². The number of rotatable bonds is 2. The average molecular weight is 703 g/mol. The Morgan fingerprint density at radius 3 is 1.68 bits per heavy atom. The van der Waals surface area contributed by atoms with Crippen molar-refractivity contribution < 1.29 is 38.9 Å². The minimum Gasteiger partial charge on any atom is -0.461 e. The molecule has 0 saturated heterocycles. The number of carbonyl (C=O) groups is 4. The second kappa shape index (κ2) is 21.1. The fourth-order valence-electron chi connectivity index (χ4n) is 7.31. The van der Waals surface area contributed by atoms with Gasteiger partial charge in [0.2, 0.25) is 0 Å². The van der Waals surface area contributed by atoms with Gasteiger partial charge in [0.1, 0.15) is 12.2 Å². The summed E-state index contributed by atoms with van der Waals surface area (Å²) in [6, 6.07) is 0. The summed E-state index contributed by atoms with van der Waals surface area (Å²) in [7, 11) is 0. The van der Waals surface area contributed by atoms with Gasteiger partial charge in [-0.2, -0.15) is 0 Å². The monoisotopic (exact) mass is 703 g/mol. The van der Waals surface area contributed by atoms with Gasteiger partial charge in [0.05, 0.1) is 18.1 Å². The molecule has 50 heavy (non-hydrogen) atoms. The van der Waals surface area contributed by atoms with E-state index in [1.807, 2.05) is 81.4 Å². The summed E-state index contributed by atoms with van der Waals surface area (Å²) in [6.07, 6.45) is 7.03. The summed E-state index contributed by atoms with van der Waals surface area (Å²) in [6.45, 7) is 27.0. The molecule has 0 aliphatic carbocycles. The molecule has 0 spiro atoms.